The van der Waals surface area contributed by atoms with E-state index in [0.29, 0.717) is 15.4 Å². The van der Waals surface area contributed by atoms with Crippen molar-refractivity contribution in [1.82, 2.24) is 4.98 Å². The zero-order valence-corrected chi connectivity index (χ0v) is 11.0. The van der Waals surface area contributed by atoms with Gasteiger partial charge < -0.3 is 4.74 Å². The SMILES string of the molecule is Fc1cc(OCc2cccnc2Cl)ccc1Br. The van der Waals surface area contributed by atoms with E-state index < -0.39 is 0 Å². The van der Waals surface area contributed by atoms with E-state index in [-0.39, 0.29) is 12.4 Å². The lowest BCUT2D eigenvalue weighted by molar-refractivity contribution is 0.304. The van der Waals surface area contributed by atoms with Crippen LogP contribution in [0.2, 0.25) is 5.15 Å². The summed E-state index contributed by atoms with van der Waals surface area (Å²) in [6.45, 7) is 0.258. The molecule has 2 rings (SSSR count). The van der Waals surface area contributed by atoms with Gasteiger partial charge in [-0.15, -0.1) is 0 Å². The van der Waals surface area contributed by atoms with Gasteiger partial charge >= 0.3 is 0 Å². The summed E-state index contributed by atoms with van der Waals surface area (Å²) in [6.07, 6.45) is 1.60. The van der Waals surface area contributed by atoms with Crippen molar-refractivity contribution in [2.75, 3.05) is 0 Å². The molecule has 0 saturated heterocycles. The second kappa shape index (κ2) is 5.47. The third-order valence-electron chi connectivity index (χ3n) is 2.12. The van der Waals surface area contributed by atoms with Crippen LogP contribution < -0.4 is 4.74 Å². The number of ether oxygens (including phenoxy) is 1. The lowest BCUT2D eigenvalue weighted by Gasteiger charge is -2.07. The number of hydrogen-bond acceptors (Lipinski definition) is 2. The van der Waals surface area contributed by atoms with Crippen LogP contribution in [0.3, 0.4) is 0 Å². The Labute approximate surface area is 112 Å². The minimum absolute atomic E-state index is 0.258. The minimum Gasteiger partial charge on any atom is -0.489 e. The molecule has 17 heavy (non-hydrogen) atoms. The lowest BCUT2D eigenvalue weighted by Crippen LogP contribution is -1.97. The Morgan fingerprint density at radius 2 is 2.18 bits per heavy atom. The Kier molecular flexibility index (Phi) is 3.97. The molecular formula is C12H8BrClFNO. The van der Waals surface area contributed by atoms with Crippen LogP contribution in [0, 0.1) is 5.82 Å². The zero-order valence-electron chi connectivity index (χ0n) is 8.66. The molecule has 0 atom stereocenters. The summed E-state index contributed by atoms with van der Waals surface area (Å²) >= 11 is 8.95. The van der Waals surface area contributed by atoms with Crippen LogP contribution in [0.5, 0.6) is 5.75 Å². The van der Waals surface area contributed by atoms with Crippen LogP contribution >= 0.6 is 27.5 Å². The highest BCUT2D eigenvalue weighted by Gasteiger charge is 2.04. The molecule has 1 aromatic heterocycles. The molecule has 0 spiro atoms. The summed E-state index contributed by atoms with van der Waals surface area (Å²) < 4.78 is 19.0. The topological polar surface area (TPSA) is 22.1 Å². The van der Waals surface area contributed by atoms with E-state index in [0.717, 1.165) is 5.56 Å². The van der Waals surface area contributed by atoms with Gasteiger partial charge in [0.1, 0.15) is 23.3 Å². The van der Waals surface area contributed by atoms with E-state index in [4.69, 9.17) is 16.3 Å². The van der Waals surface area contributed by atoms with E-state index in [1.54, 1.807) is 24.4 Å². The van der Waals surface area contributed by atoms with Crippen molar-refractivity contribution in [3.63, 3.8) is 0 Å². The van der Waals surface area contributed by atoms with Crippen LogP contribution in [0.4, 0.5) is 4.39 Å². The number of rotatable bonds is 3. The van der Waals surface area contributed by atoms with E-state index in [1.807, 2.05) is 6.07 Å². The zero-order chi connectivity index (χ0) is 12.3. The predicted molar refractivity (Wildman–Crippen MR) is 67.7 cm³/mol. The molecule has 0 bridgehead atoms. The molecule has 0 saturated carbocycles. The number of hydrogen-bond donors (Lipinski definition) is 0. The van der Waals surface area contributed by atoms with Gasteiger partial charge in [0.15, 0.2) is 0 Å². The molecule has 1 aromatic carbocycles. The van der Waals surface area contributed by atoms with E-state index in [2.05, 4.69) is 20.9 Å². The Morgan fingerprint density at radius 3 is 2.88 bits per heavy atom. The average Bonchev–Trinajstić information content (AvgIpc) is 2.32. The summed E-state index contributed by atoms with van der Waals surface area (Å²) in [5.74, 6) is 0.0883. The fraction of sp³-hybridized carbons (Fsp3) is 0.0833. The molecule has 0 fully saturated rings. The quantitative estimate of drug-likeness (QED) is 0.791. The van der Waals surface area contributed by atoms with Gasteiger partial charge in [-0.3, -0.25) is 0 Å². The number of benzene rings is 1. The van der Waals surface area contributed by atoms with Crippen molar-refractivity contribution >= 4 is 27.5 Å². The fourth-order valence-corrected chi connectivity index (χ4v) is 1.68. The number of pyridine rings is 1. The Balaban J connectivity index is 2.08. The van der Waals surface area contributed by atoms with E-state index in [9.17, 15) is 4.39 Å². The van der Waals surface area contributed by atoms with Gasteiger partial charge in [0.25, 0.3) is 0 Å². The van der Waals surface area contributed by atoms with Gasteiger partial charge in [-0.2, -0.15) is 0 Å². The van der Waals surface area contributed by atoms with Crippen LogP contribution in [0.15, 0.2) is 41.0 Å². The molecule has 1 heterocycles. The van der Waals surface area contributed by atoms with Crippen LogP contribution in [0.25, 0.3) is 0 Å². The molecule has 0 aliphatic carbocycles. The van der Waals surface area contributed by atoms with Gasteiger partial charge in [0.05, 0.1) is 4.47 Å². The molecule has 0 aliphatic rings. The first kappa shape index (κ1) is 12.3. The third kappa shape index (κ3) is 3.17. The second-order valence-corrected chi connectivity index (χ2v) is 4.53. The summed E-state index contributed by atoms with van der Waals surface area (Å²) in [4.78, 5) is 3.93. The first-order valence-electron chi connectivity index (χ1n) is 4.84. The molecule has 88 valence electrons. The highest BCUT2D eigenvalue weighted by atomic mass is 79.9. The van der Waals surface area contributed by atoms with Crippen LogP contribution in [-0.2, 0) is 6.61 Å². The van der Waals surface area contributed by atoms with Crippen LogP contribution in [0.1, 0.15) is 5.56 Å². The van der Waals surface area contributed by atoms with Crippen molar-refractivity contribution in [3.8, 4) is 5.75 Å². The molecule has 0 unspecified atom stereocenters. The van der Waals surface area contributed by atoms with Crippen molar-refractivity contribution in [3.05, 3.63) is 57.5 Å². The number of halogens is 3. The Morgan fingerprint density at radius 1 is 1.35 bits per heavy atom. The third-order valence-corrected chi connectivity index (χ3v) is 3.11. The van der Waals surface area contributed by atoms with Crippen LogP contribution in [-0.4, -0.2) is 4.98 Å². The maximum absolute atomic E-state index is 13.2. The first-order chi connectivity index (χ1) is 8.16. The largest absolute Gasteiger partial charge is 0.489 e. The number of aromatic nitrogens is 1. The molecule has 0 N–H and O–H groups in total. The van der Waals surface area contributed by atoms with Crippen molar-refractivity contribution in [1.29, 1.82) is 0 Å². The lowest BCUT2D eigenvalue weighted by atomic mass is 10.3. The van der Waals surface area contributed by atoms with Crippen molar-refractivity contribution in [2.24, 2.45) is 0 Å². The maximum Gasteiger partial charge on any atom is 0.141 e. The molecule has 5 heteroatoms. The van der Waals surface area contributed by atoms with Crippen molar-refractivity contribution < 1.29 is 9.13 Å². The normalized spacial score (nSPS) is 10.3. The second-order valence-electron chi connectivity index (χ2n) is 3.32. The van der Waals surface area contributed by atoms with Crippen molar-refractivity contribution in [2.45, 2.75) is 6.61 Å². The minimum atomic E-state index is -0.361. The summed E-state index contributed by atoms with van der Waals surface area (Å²) in [5.41, 5.74) is 0.762. The molecular weight excluding hydrogens is 308 g/mol. The van der Waals surface area contributed by atoms with Gasteiger partial charge in [0.2, 0.25) is 0 Å². The monoisotopic (exact) mass is 315 g/mol. The first-order valence-corrected chi connectivity index (χ1v) is 6.01. The van der Waals surface area contributed by atoms with Gasteiger partial charge in [0, 0.05) is 17.8 Å². The predicted octanol–water partition coefficient (Wildman–Crippen LogP) is 4.22. The van der Waals surface area contributed by atoms with Gasteiger partial charge in [-0.25, -0.2) is 9.37 Å². The molecule has 0 aliphatic heterocycles. The Bertz CT molecular complexity index is 536. The molecule has 0 radical (unpaired) electrons. The maximum atomic E-state index is 13.2. The standard InChI is InChI=1S/C12H8BrClFNO/c13-10-4-3-9(6-11(10)15)17-7-8-2-1-5-16-12(8)14/h1-6H,7H2. The Hall–Kier alpha value is -1.13. The van der Waals surface area contributed by atoms with E-state index >= 15 is 0 Å². The molecule has 0 amide bonds. The number of nitrogens with zero attached hydrogens (tertiary/aromatic N) is 1. The molecule has 2 nitrogen and oxygen atoms in total. The van der Waals surface area contributed by atoms with Gasteiger partial charge in [-0.05, 0) is 34.1 Å². The highest BCUT2D eigenvalue weighted by molar-refractivity contribution is 9.10. The summed E-state index contributed by atoms with van der Waals surface area (Å²) in [5, 5.41) is 0.394. The average molecular weight is 317 g/mol. The fourth-order valence-electron chi connectivity index (χ4n) is 1.25. The summed E-state index contributed by atoms with van der Waals surface area (Å²) in [7, 11) is 0. The summed E-state index contributed by atoms with van der Waals surface area (Å²) in [6, 6.07) is 8.17. The molecule has 2 aromatic rings. The van der Waals surface area contributed by atoms with E-state index in [1.165, 1.54) is 6.07 Å². The smallest absolute Gasteiger partial charge is 0.141 e. The highest BCUT2D eigenvalue weighted by Crippen LogP contribution is 2.22. The van der Waals surface area contributed by atoms with Gasteiger partial charge in [-0.1, -0.05) is 17.7 Å².